The van der Waals surface area contributed by atoms with Crippen molar-refractivity contribution >= 4 is 5.78 Å². The lowest BCUT2D eigenvalue weighted by atomic mass is 9.82. The van der Waals surface area contributed by atoms with Crippen LogP contribution < -0.4 is 0 Å². The van der Waals surface area contributed by atoms with Gasteiger partial charge in [0.1, 0.15) is 0 Å². The molecule has 0 aromatic carbocycles. The van der Waals surface area contributed by atoms with Gasteiger partial charge in [-0.3, -0.25) is 4.79 Å². The highest BCUT2D eigenvalue weighted by molar-refractivity contribution is 5.98. The first-order chi connectivity index (χ1) is 6.72. The molecule has 0 saturated heterocycles. The van der Waals surface area contributed by atoms with Crippen LogP contribution in [0.25, 0.3) is 0 Å². The van der Waals surface area contributed by atoms with E-state index in [0.717, 1.165) is 25.7 Å². The van der Waals surface area contributed by atoms with Crippen molar-refractivity contribution in [2.75, 3.05) is 6.61 Å². The molecule has 0 amide bonds. The maximum Gasteiger partial charge on any atom is 0.202 e. The second-order valence-corrected chi connectivity index (χ2v) is 4.66. The fourth-order valence-corrected chi connectivity index (χ4v) is 2.40. The van der Waals surface area contributed by atoms with E-state index >= 15 is 0 Å². The van der Waals surface area contributed by atoms with Crippen LogP contribution in [0, 0.1) is 5.41 Å². The van der Waals surface area contributed by atoms with E-state index in [2.05, 4.69) is 6.92 Å². The zero-order chi connectivity index (χ0) is 10.0. The second-order valence-electron chi connectivity index (χ2n) is 4.66. The van der Waals surface area contributed by atoms with Crippen molar-refractivity contribution in [3.63, 3.8) is 0 Å². The Morgan fingerprint density at radius 1 is 1.36 bits per heavy atom. The largest absolute Gasteiger partial charge is 0.490 e. The molecule has 14 heavy (non-hydrogen) atoms. The normalized spacial score (nSPS) is 25.4. The van der Waals surface area contributed by atoms with Crippen molar-refractivity contribution in [1.29, 1.82) is 0 Å². The van der Waals surface area contributed by atoms with E-state index in [-0.39, 0.29) is 11.2 Å². The average molecular weight is 194 g/mol. The van der Waals surface area contributed by atoms with Crippen molar-refractivity contribution in [3.8, 4) is 0 Å². The molecular weight excluding hydrogens is 176 g/mol. The number of ketones is 1. The predicted molar refractivity (Wildman–Crippen MR) is 54.9 cm³/mol. The van der Waals surface area contributed by atoms with Crippen LogP contribution in [0.5, 0.6) is 0 Å². The molecule has 1 heterocycles. The molecule has 2 rings (SSSR count). The van der Waals surface area contributed by atoms with E-state index in [4.69, 9.17) is 4.74 Å². The summed E-state index contributed by atoms with van der Waals surface area (Å²) in [4.78, 5) is 12.1. The van der Waals surface area contributed by atoms with Gasteiger partial charge in [0.25, 0.3) is 0 Å². The smallest absolute Gasteiger partial charge is 0.202 e. The maximum absolute atomic E-state index is 12.1. The van der Waals surface area contributed by atoms with Crippen LogP contribution in [0.4, 0.5) is 0 Å². The number of hydrogen-bond donors (Lipinski definition) is 0. The first-order valence-corrected chi connectivity index (χ1v) is 5.60. The van der Waals surface area contributed by atoms with E-state index in [9.17, 15) is 4.79 Å². The molecule has 0 spiro atoms. The average Bonchev–Trinajstić information content (AvgIpc) is 2.67. The first kappa shape index (κ1) is 9.75. The Bertz CT molecular complexity index is 259. The summed E-state index contributed by atoms with van der Waals surface area (Å²) in [5.74, 6) is 0.885. The molecule has 0 unspecified atom stereocenters. The highest BCUT2D eigenvalue weighted by atomic mass is 16.5. The third-order valence-corrected chi connectivity index (χ3v) is 3.41. The Hall–Kier alpha value is -0.790. The minimum Gasteiger partial charge on any atom is -0.490 e. The summed E-state index contributed by atoms with van der Waals surface area (Å²) in [6, 6.07) is 0. The summed E-state index contributed by atoms with van der Waals surface area (Å²) < 4.78 is 5.43. The van der Waals surface area contributed by atoms with Gasteiger partial charge in [0.05, 0.1) is 6.61 Å². The Labute approximate surface area is 85.3 Å². The number of ether oxygens (including phenoxy) is 1. The van der Waals surface area contributed by atoms with Crippen molar-refractivity contribution in [3.05, 3.63) is 11.8 Å². The van der Waals surface area contributed by atoms with Gasteiger partial charge in [-0.2, -0.15) is 0 Å². The van der Waals surface area contributed by atoms with Crippen LogP contribution in [-0.2, 0) is 9.53 Å². The fraction of sp³-hybridized carbons (Fsp3) is 0.750. The van der Waals surface area contributed by atoms with Gasteiger partial charge in [0, 0.05) is 5.41 Å². The zero-order valence-electron chi connectivity index (χ0n) is 8.84. The number of Topliss-reactive ketones (excluding diaryl/α,β-unsaturated/α-hetero) is 1. The summed E-state index contributed by atoms with van der Waals surface area (Å²) >= 11 is 0. The molecule has 0 bridgehead atoms. The van der Waals surface area contributed by atoms with E-state index in [1.54, 1.807) is 0 Å². The third kappa shape index (κ3) is 1.70. The fourth-order valence-electron chi connectivity index (χ4n) is 2.40. The minimum atomic E-state index is -0.122. The lowest BCUT2D eigenvalue weighted by Crippen LogP contribution is -2.28. The Morgan fingerprint density at radius 3 is 2.64 bits per heavy atom. The molecule has 2 heteroatoms. The summed E-state index contributed by atoms with van der Waals surface area (Å²) in [5.41, 5.74) is -0.122. The molecule has 1 aliphatic heterocycles. The molecule has 0 aromatic rings. The van der Waals surface area contributed by atoms with Gasteiger partial charge in [0.2, 0.25) is 5.78 Å². The molecule has 2 aliphatic rings. The highest BCUT2D eigenvalue weighted by Gasteiger charge is 2.38. The molecule has 2 nitrogen and oxygen atoms in total. The SMILES string of the molecule is CC1(C(=O)C2=CCCCO2)CCCC1. The molecule has 78 valence electrons. The van der Waals surface area contributed by atoms with Gasteiger partial charge in [-0.05, 0) is 31.8 Å². The van der Waals surface area contributed by atoms with Gasteiger partial charge < -0.3 is 4.74 Å². The summed E-state index contributed by atoms with van der Waals surface area (Å²) in [7, 11) is 0. The number of rotatable bonds is 2. The van der Waals surface area contributed by atoms with Gasteiger partial charge in [-0.1, -0.05) is 19.8 Å². The van der Waals surface area contributed by atoms with Crippen molar-refractivity contribution < 1.29 is 9.53 Å². The standard InChI is InChI=1S/C12H18O2/c1-12(7-3-4-8-12)11(13)10-6-2-5-9-14-10/h6H,2-5,7-9H2,1H3. The van der Waals surface area contributed by atoms with Crippen LogP contribution in [0.15, 0.2) is 11.8 Å². The van der Waals surface area contributed by atoms with Crippen LogP contribution in [-0.4, -0.2) is 12.4 Å². The number of allylic oxidation sites excluding steroid dienone is 2. The molecule has 0 radical (unpaired) electrons. The van der Waals surface area contributed by atoms with Gasteiger partial charge in [-0.15, -0.1) is 0 Å². The van der Waals surface area contributed by atoms with E-state index in [0.29, 0.717) is 12.4 Å². The van der Waals surface area contributed by atoms with Gasteiger partial charge in [-0.25, -0.2) is 0 Å². The van der Waals surface area contributed by atoms with E-state index in [1.165, 1.54) is 12.8 Å². The number of carbonyl (C=O) groups is 1. The zero-order valence-corrected chi connectivity index (χ0v) is 8.84. The van der Waals surface area contributed by atoms with Crippen LogP contribution in [0.1, 0.15) is 45.4 Å². The molecule has 1 fully saturated rings. The lowest BCUT2D eigenvalue weighted by molar-refractivity contribution is -0.127. The number of hydrogen-bond acceptors (Lipinski definition) is 2. The summed E-state index contributed by atoms with van der Waals surface area (Å²) in [6.45, 7) is 2.80. The predicted octanol–water partition coefficient (Wildman–Crippen LogP) is 2.83. The lowest BCUT2D eigenvalue weighted by Gasteiger charge is -2.24. The van der Waals surface area contributed by atoms with E-state index in [1.807, 2.05) is 6.08 Å². The van der Waals surface area contributed by atoms with Crippen molar-refractivity contribution in [1.82, 2.24) is 0 Å². The second kappa shape index (κ2) is 3.76. The molecule has 0 aromatic heterocycles. The molecule has 0 N–H and O–H groups in total. The monoisotopic (exact) mass is 194 g/mol. The molecule has 0 atom stereocenters. The topological polar surface area (TPSA) is 26.3 Å². The highest BCUT2D eigenvalue weighted by Crippen LogP contribution is 2.40. The first-order valence-electron chi connectivity index (χ1n) is 5.60. The van der Waals surface area contributed by atoms with Crippen LogP contribution in [0.3, 0.4) is 0 Å². The number of carbonyl (C=O) groups excluding carboxylic acids is 1. The van der Waals surface area contributed by atoms with Crippen molar-refractivity contribution in [2.24, 2.45) is 5.41 Å². The quantitative estimate of drug-likeness (QED) is 0.675. The van der Waals surface area contributed by atoms with Crippen LogP contribution in [0.2, 0.25) is 0 Å². The van der Waals surface area contributed by atoms with Crippen LogP contribution >= 0.6 is 0 Å². The van der Waals surface area contributed by atoms with Gasteiger partial charge >= 0.3 is 0 Å². The Balaban J connectivity index is 2.10. The Kier molecular flexibility index (Phi) is 2.62. The Morgan fingerprint density at radius 2 is 2.07 bits per heavy atom. The minimum absolute atomic E-state index is 0.122. The molecule has 1 saturated carbocycles. The molecule has 1 aliphatic carbocycles. The van der Waals surface area contributed by atoms with E-state index < -0.39 is 0 Å². The summed E-state index contributed by atoms with van der Waals surface area (Å²) in [5, 5.41) is 0. The third-order valence-electron chi connectivity index (χ3n) is 3.41. The maximum atomic E-state index is 12.1. The summed E-state index contributed by atoms with van der Waals surface area (Å²) in [6.07, 6.45) is 8.46. The van der Waals surface area contributed by atoms with Gasteiger partial charge in [0.15, 0.2) is 5.76 Å². The van der Waals surface area contributed by atoms with Crippen molar-refractivity contribution in [2.45, 2.75) is 45.4 Å². The molecular formula is C12H18O2.